The molecule has 2 aromatic heterocycles. The number of hydrogen-bond donors (Lipinski definition) is 1. The fourth-order valence-electron chi connectivity index (χ4n) is 2.60. The summed E-state index contributed by atoms with van der Waals surface area (Å²) >= 11 is 0. The normalized spacial score (nSPS) is 10.7. The van der Waals surface area contributed by atoms with Gasteiger partial charge in [-0.3, -0.25) is 4.79 Å². The average Bonchev–Trinajstić information content (AvgIpc) is 3.35. The predicted octanol–water partition coefficient (Wildman–Crippen LogP) is 3.92. The van der Waals surface area contributed by atoms with Gasteiger partial charge in [-0.1, -0.05) is 12.1 Å². The summed E-state index contributed by atoms with van der Waals surface area (Å²) in [6.45, 7) is 0. The van der Waals surface area contributed by atoms with Gasteiger partial charge in [0.25, 0.3) is 5.91 Å². The highest BCUT2D eigenvalue weighted by molar-refractivity contribution is 6.07. The number of nitrogens with zero attached hydrogens (tertiary/aromatic N) is 3. The minimum atomic E-state index is -0.425. The molecule has 4 aromatic rings. The third kappa shape index (κ3) is 2.98. The van der Waals surface area contributed by atoms with Crippen molar-refractivity contribution in [3.05, 3.63) is 85.2 Å². The van der Waals surface area contributed by atoms with Gasteiger partial charge in [0, 0.05) is 18.0 Å². The van der Waals surface area contributed by atoms with Crippen molar-refractivity contribution >= 4 is 11.6 Å². The number of imidazole rings is 1. The van der Waals surface area contributed by atoms with Crippen molar-refractivity contribution < 1.29 is 13.6 Å². The smallest absolute Gasteiger partial charge is 0.278 e. The molecule has 1 amide bonds. The quantitative estimate of drug-likeness (QED) is 0.607. The molecule has 0 radical (unpaired) electrons. The van der Waals surface area contributed by atoms with Crippen LogP contribution in [0.3, 0.4) is 0 Å². The Morgan fingerprint density at radius 1 is 1.12 bits per heavy atom. The van der Waals surface area contributed by atoms with Gasteiger partial charge in [-0.25, -0.2) is 14.4 Å². The molecule has 0 atom stereocenters. The number of benzene rings is 2. The zero-order valence-electron chi connectivity index (χ0n) is 13.5. The van der Waals surface area contributed by atoms with Gasteiger partial charge in [-0.15, -0.1) is 0 Å². The van der Waals surface area contributed by atoms with Crippen molar-refractivity contribution in [3.8, 4) is 17.0 Å². The number of para-hydroxylation sites is 2. The topological polar surface area (TPSA) is 73.0 Å². The van der Waals surface area contributed by atoms with E-state index in [2.05, 4.69) is 15.3 Å². The summed E-state index contributed by atoms with van der Waals surface area (Å²) in [4.78, 5) is 20.8. The van der Waals surface area contributed by atoms with Gasteiger partial charge in [0.2, 0.25) is 0 Å². The molecule has 0 saturated heterocycles. The van der Waals surface area contributed by atoms with Crippen LogP contribution in [0, 0.1) is 5.82 Å². The standard InChI is InChI=1S/C19H13FN4O2/c20-14-7-5-13(6-8-14)18-17(22-12-26-18)19(25)23-15-3-1-2-4-16(15)24-10-9-21-11-24/h1-12H,(H,23,25). The van der Waals surface area contributed by atoms with Crippen LogP contribution in [0.1, 0.15) is 10.5 Å². The number of amides is 1. The number of carbonyl (C=O) groups excluding carboxylic acids is 1. The van der Waals surface area contributed by atoms with E-state index in [4.69, 9.17) is 4.42 Å². The summed E-state index contributed by atoms with van der Waals surface area (Å²) in [5, 5.41) is 2.84. The minimum absolute atomic E-state index is 0.122. The first-order valence-corrected chi connectivity index (χ1v) is 7.80. The fourth-order valence-corrected chi connectivity index (χ4v) is 2.60. The first-order valence-electron chi connectivity index (χ1n) is 7.80. The van der Waals surface area contributed by atoms with Gasteiger partial charge in [0.05, 0.1) is 17.7 Å². The van der Waals surface area contributed by atoms with E-state index in [1.807, 2.05) is 18.2 Å². The number of anilines is 1. The van der Waals surface area contributed by atoms with Crippen LogP contribution in [0.15, 0.2) is 78.1 Å². The molecular formula is C19H13FN4O2. The lowest BCUT2D eigenvalue weighted by atomic mass is 10.1. The summed E-state index contributed by atoms with van der Waals surface area (Å²) in [6, 6.07) is 13.0. The van der Waals surface area contributed by atoms with Crippen molar-refractivity contribution in [3.63, 3.8) is 0 Å². The second-order valence-corrected chi connectivity index (χ2v) is 5.48. The highest BCUT2D eigenvalue weighted by Crippen LogP contribution is 2.25. The number of halogens is 1. The second kappa shape index (κ2) is 6.64. The number of hydrogen-bond acceptors (Lipinski definition) is 4. The molecule has 0 aliphatic rings. The number of aromatic nitrogens is 3. The molecule has 2 aromatic carbocycles. The maximum Gasteiger partial charge on any atom is 0.278 e. The maximum absolute atomic E-state index is 13.1. The van der Waals surface area contributed by atoms with Gasteiger partial charge in [-0.05, 0) is 36.4 Å². The molecule has 0 unspecified atom stereocenters. The molecule has 4 rings (SSSR count). The average molecular weight is 348 g/mol. The molecule has 0 saturated carbocycles. The Morgan fingerprint density at radius 2 is 1.92 bits per heavy atom. The van der Waals surface area contributed by atoms with Crippen LogP contribution in [-0.2, 0) is 0 Å². The van der Waals surface area contributed by atoms with Crippen LogP contribution in [0.4, 0.5) is 10.1 Å². The molecule has 128 valence electrons. The van der Waals surface area contributed by atoms with Crippen LogP contribution in [0.5, 0.6) is 0 Å². The molecule has 7 heteroatoms. The maximum atomic E-state index is 13.1. The highest BCUT2D eigenvalue weighted by atomic mass is 19.1. The molecule has 0 fully saturated rings. The molecule has 0 bridgehead atoms. The Bertz CT molecular complexity index is 1040. The Balaban J connectivity index is 1.65. The summed E-state index contributed by atoms with van der Waals surface area (Å²) in [5.74, 6) is -0.512. The van der Waals surface area contributed by atoms with Gasteiger partial charge in [0.1, 0.15) is 5.82 Å². The lowest BCUT2D eigenvalue weighted by molar-refractivity contribution is 0.102. The third-order valence-electron chi connectivity index (χ3n) is 3.82. The number of oxazole rings is 1. The van der Waals surface area contributed by atoms with E-state index in [1.54, 1.807) is 29.4 Å². The monoisotopic (exact) mass is 348 g/mol. The second-order valence-electron chi connectivity index (χ2n) is 5.48. The summed E-state index contributed by atoms with van der Waals surface area (Å²) in [5.41, 5.74) is 2.06. The Morgan fingerprint density at radius 3 is 2.69 bits per heavy atom. The van der Waals surface area contributed by atoms with E-state index in [0.29, 0.717) is 11.3 Å². The van der Waals surface area contributed by atoms with Crippen LogP contribution in [0.2, 0.25) is 0 Å². The van der Waals surface area contributed by atoms with E-state index in [0.717, 1.165) is 5.69 Å². The zero-order chi connectivity index (χ0) is 17.9. The van der Waals surface area contributed by atoms with Gasteiger partial charge >= 0.3 is 0 Å². The van der Waals surface area contributed by atoms with Crippen LogP contribution >= 0.6 is 0 Å². The fraction of sp³-hybridized carbons (Fsp3) is 0. The first kappa shape index (κ1) is 15.8. The summed E-state index contributed by atoms with van der Waals surface area (Å²) in [6.07, 6.45) is 6.27. The molecule has 0 spiro atoms. The van der Waals surface area contributed by atoms with Crippen molar-refractivity contribution in [1.82, 2.24) is 14.5 Å². The van der Waals surface area contributed by atoms with Crippen molar-refractivity contribution in [2.24, 2.45) is 0 Å². The third-order valence-corrected chi connectivity index (χ3v) is 3.82. The summed E-state index contributed by atoms with van der Waals surface area (Å²) in [7, 11) is 0. The molecule has 26 heavy (non-hydrogen) atoms. The molecule has 6 nitrogen and oxygen atoms in total. The van der Waals surface area contributed by atoms with Crippen molar-refractivity contribution in [1.29, 1.82) is 0 Å². The van der Waals surface area contributed by atoms with Gasteiger partial charge in [-0.2, -0.15) is 0 Å². The van der Waals surface area contributed by atoms with Crippen LogP contribution < -0.4 is 5.32 Å². The largest absolute Gasteiger partial charge is 0.443 e. The van der Waals surface area contributed by atoms with E-state index < -0.39 is 5.91 Å². The van der Waals surface area contributed by atoms with E-state index in [9.17, 15) is 9.18 Å². The Labute approximate surface area is 147 Å². The zero-order valence-corrected chi connectivity index (χ0v) is 13.5. The lowest BCUT2D eigenvalue weighted by Gasteiger charge is -2.11. The first-order chi connectivity index (χ1) is 12.7. The molecule has 2 heterocycles. The van der Waals surface area contributed by atoms with Crippen molar-refractivity contribution in [2.75, 3.05) is 5.32 Å². The molecule has 1 N–H and O–H groups in total. The van der Waals surface area contributed by atoms with E-state index >= 15 is 0 Å². The molecular weight excluding hydrogens is 335 g/mol. The SMILES string of the molecule is O=C(Nc1ccccc1-n1ccnc1)c1ncoc1-c1ccc(F)cc1. The summed E-state index contributed by atoms with van der Waals surface area (Å²) < 4.78 is 20.3. The molecule has 0 aliphatic heterocycles. The Hall–Kier alpha value is -3.74. The van der Waals surface area contributed by atoms with E-state index in [1.165, 1.54) is 30.7 Å². The number of carbonyl (C=O) groups is 1. The van der Waals surface area contributed by atoms with Crippen LogP contribution in [-0.4, -0.2) is 20.4 Å². The van der Waals surface area contributed by atoms with Gasteiger partial charge in [0.15, 0.2) is 17.8 Å². The van der Waals surface area contributed by atoms with Gasteiger partial charge < -0.3 is 14.3 Å². The number of rotatable bonds is 4. The Kier molecular flexibility index (Phi) is 4.03. The van der Waals surface area contributed by atoms with E-state index in [-0.39, 0.29) is 17.3 Å². The number of nitrogens with one attached hydrogen (secondary N) is 1. The predicted molar refractivity (Wildman–Crippen MR) is 93.4 cm³/mol. The highest BCUT2D eigenvalue weighted by Gasteiger charge is 2.19. The van der Waals surface area contributed by atoms with Crippen LogP contribution in [0.25, 0.3) is 17.0 Å². The molecule has 0 aliphatic carbocycles. The van der Waals surface area contributed by atoms with Crippen molar-refractivity contribution in [2.45, 2.75) is 0 Å². The lowest BCUT2D eigenvalue weighted by Crippen LogP contribution is -2.15. The minimum Gasteiger partial charge on any atom is -0.443 e.